The Bertz CT molecular complexity index is 977. The van der Waals surface area contributed by atoms with E-state index in [1.165, 1.54) is 22.3 Å². The maximum Gasteiger partial charge on any atom is 0.407 e. The fourth-order valence-corrected chi connectivity index (χ4v) is 5.70. The summed E-state index contributed by atoms with van der Waals surface area (Å²) in [5, 5.41) is 3.25. The van der Waals surface area contributed by atoms with Gasteiger partial charge >= 0.3 is 6.09 Å². The normalized spacial score (nSPS) is 28.0. The summed E-state index contributed by atoms with van der Waals surface area (Å²) < 4.78 is 11.2. The number of amides is 1. The summed E-state index contributed by atoms with van der Waals surface area (Å²) in [6.45, 7) is 7.66. The van der Waals surface area contributed by atoms with E-state index in [4.69, 9.17) is 9.47 Å². The molecule has 170 valence electrons. The lowest BCUT2D eigenvalue weighted by Gasteiger charge is -2.44. The van der Waals surface area contributed by atoms with Crippen molar-refractivity contribution < 1.29 is 14.3 Å². The van der Waals surface area contributed by atoms with Gasteiger partial charge in [0.1, 0.15) is 11.9 Å². The van der Waals surface area contributed by atoms with E-state index in [2.05, 4.69) is 54.4 Å². The van der Waals surface area contributed by atoms with Crippen molar-refractivity contribution in [1.29, 1.82) is 0 Å². The zero-order valence-electron chi connectivity index (χ0n) is 19.4. The van der Waals surface area contributed by atoms with E-state index in [0.29, 0.717) is 5.92 Å². The lowest BCUT2D eigenvalue weighted by molar-refractivity contribution is -0.0353. The molecule has 3 saturated heterocycles. The summed E-state index contributed by atoms with van der Waals surface area (Å²) in [6.07, 6.45) is 4.08. The van der Waals surface area contributed by atoms with E-state index in [-0.39, 0.29) is 23.7 Å². The third-order valence-electron chi connectivity index (χ3n) is 7.81. The highest BCUT2D eigenvalue weighted by Crippen LogP contribution is 2.44. The number of aryl methyl sites for hydroxylation is 1. The van der Waals surface area contributed by atoms with Gasteiger partial charge in [-0.15, -0.1) is 0 Å². The Hall–Kier alpha value is -2.53. The third-order valence-corrected chi connectivity index (χ3v) is 7.81. The molecule has 2 aromatic rings. The van der Waals surface area contributed by atoms with Gasteiger partial charge in [0, 0.05) is 6.54 Å². The molecule has 1 amide bonds. The van der Waals surface area contributed by atoms with E-state index in [0.717, 1.165) is 51.1 Å². The molecule has 0 radical (unpaired) electrons. The molecule has 5 nitrogen and oxygen atoms in total. The highest BCUT2D eigenvalue weighted by molar-refractivity contribution is 5.70. The van der Waals surface area contributed by atoms with E-state index >= 15 is 0 Å². The first-order chi connectivity index (χ1) is 15.4. The SMILES string of the molecule is COc1ccc(-c2ccc3c(c2)CCC(C)(C)[C@H]3NC(=O)O[C@H]2CN3CCC2CC3)cc1. The molecule has 3 aliphatic heterocycles. The van der Waals surface area contributed by atoms with Crippen LogP contribution < -0.4 is 10.1 Å². The van der Waals surface area contributed by atoms with Gasteiger partial charge < -0.3 is 14.8 Å². The summed E-state index contributed by atoms with van der Waals surface area (Å²) in [6, 6.07) is 14.7. The van der Waals surface area contributed by atoms with Crippen molar-refractivity contribution in [3.05, 3.63) is 53.6 Å². The molecule has 3 heterocycles. The van der Waals surface area contributed by atoms with Gasteiger partial charge in [0.25, 0.3) is 0 Å². The van der Waals surface area contributed by atoms with E-state index in [1.54, 1.807) is 7.11 Å². The molecule has 2 atom stereocenters. The van der Waals surface area contributed by atoms with Crippen LogP contribution in [-0.2, 0) is 11.2 Å². The summed E-state index contributed by atoms with van der Waals surface area (Å²) in [7, 11) is 1.68. The van der Waals surface area contributed by atoms with Crippen LogP contribution in [0.4, 0.5) is 4.79 Å². The number of hydrogen-bond donors (Lipinski definition) is 1. The van der Waals surface area contributed by atoms with Gasteiger partial charge in [0.2, 0.25) is 0 Å². The fraction of sp³-hybridized carbons (Fsp3) is 0.519. The van der Waals surface area contributed by atoms with Crippen molar-refractivity contribution in [2.75, 3.05) is 26.7 Å². The number of piperidine rings is 3. The molecular weight excluding hydrogens is 400 g/mol. The maximum absolute atomic E-state index is 12.9. The molecule has 0 aromatic heterocycles. The number of ether oxygens (including phenoxy) is 2. The average Bonchev–Trinajstić information content (AvgIpc) is 2.81. The van der Waals surface area contributed by atoms with Crippen LogP contribution in [0.2, 0.25) is 0 Å². The molecule has 0 unspecified atom stereocenters. The van der Waals surface area contributed by atoms with Gasteiger partial charge in [-0.1, -0.05) is 44.2 Å². The van der Waals surface area contributed by atoms with Crippen LogP contribution in [0.15, 0.2) is 42.5 Å². The summed E-state index contributed by atoms with van der Waals surface area (Å²) >= 11 is 0. The first-order valence-corrected chi connectivity index (χ1v) is 11.9. The summed E-state index contributed by atoms with van der Waals surface area (Å²) in [5.74, 6) is 1.38. The Balaban J connectivity index is 1.34. The molecular formula is C27H34N2O3. The van der Waals surface area contributed by atoms with Gasteiger partial charge in [-0.2, -0.15) is 0 Å². The van der Waals surface area contributed by atoms with E-state index in [9.17, 15) is 4.79 Å². The zero-order chi connectivity index (χ0) is 22.3. The fourth-order valence-electron chi connectivity index (χ4n) is 5.70. The number of fused-ring (bicyclic) bond motifs is 4. The molecule has 2 bridgehead atoms. The van der Waals surface area contributed by atoms with Crippen molar-refractivity contribution in [1.82, 2.24) is 10.2 Å². The number of alkyl carbamates (subject to hydrolysis) is 1. The summed E-state index contributed by atoms with van der Waals surface area (Å²) in [4.78, 5) is 15.4. The monoisotopic (exact) mass is 434 g/mol. The standard InChI is InChI=1S/C27H34N2O3/c1-27(2)13-10-21-16-20(18-4-7-22(31-3)8-5-18)6-9-23(21)25(27)28-26(30)32-24-17-29-14-11-19(24)12-15-29/h4-9,16,19,24-25H,10-15,17H2,1-3H3,(H,28,30)/t24-,25-/m0/s1. The van der Waals surface area contributed by atoms with Gasteiger partial charge in [0.15, 0.2) is 0 Å². The Kier molecular flexibility index (Phi) is 5.62. The number of benzene rings is 2. The maximum atomic E-state index is 12.9. The molecule has 1 N–H and O–H groups in total. The van der Waals surface area contributed by atoms with Crippen LogP contribution in [0.1, 0.15) is 50.3 Å². The van der Waals surface area contributed by atoms with Crippen molar-refractivity contribution in [2.45, 2.75) is 51.7 Å². The molecule has 4 aliphatic rings. The predicted octanol–water partition coefficient (Wildman–Crippen LogP) is 5.20. The van der Waals surface area contributed by atoms with Crippen LogP contribution in [-0.4, -0.2) is 43.8 Å². The Morgan fingerprint density at radius 3 is 2.44 bits per heavy atom. The number of carbonyl (C=O) groups is 1. The van der Waals surface area contributed by atoms with Crippen LogP contribution in [0.25, 0.3) is 11.1 Å². The third kappa shape index (κ3) is 4.11. The second-order valence-corrected chi connectivity index (χ2v) is 10.3. The molecule has 32 heavy (non-hydrogen) atoms. The van der Waals surface area contributed by atoms with Gasteiger partial charge in [-0.05, 0) is 84.5 Å². The van der Waals surface area contributed by atoms with Gasteiger partial charge in [-0.25, -0.2) is 4.79 Å². The van der Waals surface area contributed by atoms with Gasteiger partial charge in [0.05, 0.1) is 13.2 Å². The number of hydrogen-bond acceptors (Lipinski definition) is 4. The largest absolute Gasteiger partial charge is 0.497 e. The molecule has 3 fully saturated rings. The molecule has 1 aliphatic carbocycles. The van der Waals surface area contributed by atoms with Crippen LogP contribution >= 0.6 is 0 Å². The minimum atomic E-state index is -0.270. The van der Waals surface area contributed by atoms with Crippen molar-refractivity contribution in [3.63, 3.8) is 0 Å². The van der Waals surface area contributed by atoms with Crippen molar-refractivity contribution >= 4 is 6.09 Å². The molecule has 0 spiro atoms. The van der Waals surface area contributed by atoms with Crippen molar-refractivity contribution in [2.24, 2.45) is 11.3 Å². The Morgan fingerprint density at radius 2 is 1.78 bits per heavy atom. The summed E-state index contributed by atoms with van der Waals surface area (Å²) in [5.41, 5.74) is 4.86. The average molecular weight is 435 g/mol. The lowest BCUT2D eigenvalue weighted by Crippen LogP contribution is -2.53. The first kappa shape index (κ1) is 21.3. The molecule has 6 rings (SSSR count). The molecule has 2 aromatic carbocycles. The number of nitrogens with zero attached hydrogens (tertiary/aromatic N) is 1. The van der Waals surface area contributed by atoms with E-state index < -0.39 is 0 Å². The topological polar surface area (TPSA) is 50.8 Å². The zero-order valence-corrected chi connectivity index (χ0v) is 19.4. The van der Waals surface area contributed by atoms with Crippen LogP contribution in [0.3, 0.4) is 0 Å². The highest BCUT2D eigenvalue weighted by Gasteiger charge is 2.40. The Labute approximate surface area is 191 Å². The minimum absolute atomic E-state index is 0.0251. The number of nitrogens with one attached hydrogen (secondary N) is 1. The van der Waals surface area contributed by atoms with E-state index in [1.807, 2.05) is 12.1 Å². The van der Waals surface area contributed by atoms with Crippen LogP contribution in [0, 0.1) is 11.3 Å². The Morgan fingerprint density at radius 1 is 1.06 bits per heavy atom. The smallest absolute Gasteiger partial charge is 0.407 e. The second-order valence-electron chi connectivity index (χ2n) is 10.3. The molecule has 0 saturated carbocycles. The lowest BCUT2D eigenvalue weighted by atomic mass is 9.70. The van der Waals surface area contributed by atoms with Crippen molar-refractivity contribution in [3.8, 4) is 16.9 Å². The minimum Gasteiger partial charge on any atom is -0.497 e. The predicted molar refractivity (Wildman–Crippen MR) is 126 cm³/mol. The first-order valence-electron chi connectivity index (χ1n) is 11.9. The second kappa shape index (κ2) is 8.43. The molecule has 5 heteroatoms. The number of rotatable bonds is 4. The van der Waals surface area contributed by atoms with Crippen LogP contribution in [0.5, 0.6) is 5.75 Å². The quantitative estimate of drug-likeness (QED) is 0.719. The number of carbonyl (C=O) groups excluding carboxylic acids is 1. The number of methoxy groups -OCH3 is 1. The van der Waals surface area contributed by atoms with Gasteiger partial charge in [-0.3, -0.25) is 4.90 Å². The highest BCUT2D eigenvalue weighted by atomic mass is 16.6.